The van der Waals surface area contributed by atoms with Gasteiger partial charge in [0.15, 0.2) is 0 Å². The molecule has 0 aliphatic heterocycles. The Hall–Kier alpha value is -4.00. The summed E-state index contributed by atoms with van der Waals surface area (Å²) in [6.45, 7) is 0. The molecular weight excluding hydrogens is 346 g/mol. The van der Waals surface area contributed by atoms with Gasteiger partial charge in [-0.3, -0.25) is 19.9 Å². The van der Waals surface area contributed by atoms with Crippen molar-refractivity contribution in [2.45, 2.75) is 0 Å². The average molecular weight is 361 g/mol. The molecule has 27 heavy (non-hydrogen) atoms. The molecule has 1 heterocycles. The molecule has 2 aromatic carbocycles. The van der Waals surface area contributed by atoms with Gasteiger partial charge in [-0.1, -0.05) is 30.3 Å². The number of non-ortho nitro benzene ring substituents is 1. The first-order valence-electron chi connectivity index (χ1n) is 8.01. The Kier molecular flexibility index (Phi) is 5.54. The summed E-state index contributed by atoms with van der Waals surface area (Å²) in [5.41, 5.74) is 0.928. The molecule has 0 spiro atoms. The highest BCUT2D eigenvalue weighted by atomic mass is 16.6. The minimum absolute atomic E-state index is 0.196. The van der Waals surface area contributed by atoms with Gasteiger partial charge in [0.05, 0.1) is 22.9 Å². The third-order valence-corrected chi connectivity index (χ3v) is 3.47. The Morgan fingerprint density at radius 3 is 2.59 bits per heavy atom. The van der Waals surface area contributed by atoms with E-state index >= 15 is 0 Å². The van der Waals surface area contributed by atoms with E-state index in [-0.39, 0.29) is 17.1 Å². The first-order chi connectivity index (χ1) is 13.1. The van der Waals surface area contributed by atoms with E-state index in [1.165, 1.54) is 30.5 Å². The number of ether oxygens (including phenoxy) is 1. The topological polar surface area (TPSA) is 94.4 Å². The zero-order valence-electron chi connectivity index (χ0n) is 14.1. The predicted molar refractivity (Wildman–Crippen MR) is 102 cm³/mol. The van der Waals surface area contributed by atoms with E-state index in [4.69, 9.17) is 4.74 Å². The fourth-order valence-electron chi connectivity index (χ4n) is 2.28. The Labute approximate surface area is 155 Å². The van der Waals surface area contributed by atoms with Crippen molar-refractivity contribution in [3.8, 4) is 11.5 Å². The molecule has 0 unspecified atom stereocenters. The highest BCUT2D eigenvalue weighted by Crippen LogP contribution is 2.29. The molecule has 0 aliphatic rings. The quantitative estimate of drug-likeness (QED) is 0.398. The molecule has 1 amide bonds. The molecule has 7 nitrogen and oxygen atoms in total. The number of nitro groups is 1. The fraction of sp³-hybridized carbons (Fsp3) is 0. The number of carbonyl (C=O) groups is 1. The number of amides is 1. The Morgan fingerprint density at radius 2 is 1.89 bits per heavy atom. The van der Waals surface area contributed by atoms with E-state index < -0.39 is 10.8 Å². The molecule has 0 radical (unpaired) electrons. The molecule has 134 valence electrons. The molecule has 0 bridgehead atoms. The molecule has 1 aromatic heterocycles. The molecule has 0 fully saturated rings. The van der Waals surface area contributed by atoms with Crippen LogP contribution < -0.4 is 10.1 Å². The lowest BCUT2D eigenvalue weighted by molar-refractivity contribution is -0.384. The van der Waals surface area contributed by atoms with Crippen LogP contribution in [0.4, 0.5) is 11.4 Å². The van der Waals surface area contributed by atoms with Gasteiger partial charge in [0.25, 0.3) is 5.69 Å². The van der Waals surface area contributed by atoms with E-state index in [1.54, 1.807) is 24.4 Å². The highest BCUT2D eigenvalue weighted by Gasteiger charge is 2.12. The van der Waals surface area contributed by atoms with Gasteiger partial charge in [-0.2, -0.15) is 0 Å². The SMILES string of the molecule is O=C(C=Cc1ccccc1)Nc1cc(Oc2cccnc2)cc([N+](=O)[O-])c1. The van der Waals surface area contributed by atoms with Crippen molar-refractivity contribution in [1.82, 2.24) is 4.98 Å². The summed E-state index contributed by atoms with van der Waals surface area (Å²) in [7, 11) is 0. The third-order valence-electron chi connectivity index (χ3n) is 3.47. The minimum atomic E-state index is -0.550. The molecule has 3 rings (SSSR count). The lowest BCUT2D eigenvalue weighted by Gasteiger charge is -2.08. The van der Waals surface area contributed by atoms with Crippen molar-refractivity contribution in [3.63, 3.8) is 0 Å². The second-order valence-electron chi connectivity index (χ2n) is 5.50. The van der Waals surface area contributed by atoms with E-state index in [2.05, 4.69) is 10.3 Å². The summed E-state index contributed by atoms with van der Waals surface area (Å²) in [6.07, 6.45) is 6.08. The van der Waals surface area contributed by atoms with Crippen LogP contribution in [0.1, 0.15) is 5.56 Å². The largest absolute Gasteiger partial charge is 0.455 e. The summed E-state index contributed by atoms with van der Waals surface area (Å²) >= 11 is 0. The van der Waals surface area contributed by atoms with Gasteiger partial charge < -0.3 is 10.1 Å². The van der Waals surface area contributed by atoms with E-state index in [0.29, 0.717) is 5.75 Å². The van der Waals surface area contributed by atoms with Crippen LogP contribution in [0.25, 0.3) is 6.08 Å². The Bertz CT molecular complexity index is 973. The first-order valence-corrected chi connectivity index (χ1v) is 8.01. The van der Waals surface area contributed by atoms with Gasteiger partial charge in [-0.25, -0.2) is 0 Å². The Balaban J connectivity index is 1.78. The van der Waals surface area contributed by atoms with Crippen LogP contribution >= 0.6 is 0 Å². The number of benzene rings is 2. The monoisotopic (exact) mass is 361 g/mol. The van der Waals surface area contributed by atoms with Gasteiger partial charge in [-0.15, -0.1) is 0 Å². The number of nitro benzene ring substituents is 1. The second-order valence-corrected chi connectivity index (χ2v) is 5.50. The van der Waals surface area contributed by atoms with E-state index in [0.717, 1.165) is 5.56 Å². The number of hydrogen-bond donors (Lipinski definition) is 1. The van der Waals surface area contributed by atoms with Crippen molar-refractivity contribution in [1.29, 1.82) is 0 Å². The normalized spacial score (nSPS) is 10.5. The summed E-state index contributed by atoms with van der Waals surface area (Å²) in [4.78, 5) is 26.7. The molecule has 0 atom stereocenters. The molecule has 1 N–H and O–H groups in total. The molecule has 0 aliphatic carbocycles. The number of aromatic nitrogens is 1. The number of rotatable bonds is 6. The Morgan fingerprint density at radius 1 is 1.07 bits per heavy atom. The molecule has 0 saturated heterocycles. The molecule has 7 heteroatoms. The number of carbonyl (C=O) groups excluding carboxylic acids is 1. The summed E-state index contributed by atoms with van der Waals surface area (Å²) in [5.74, 6) is 0.241. The van der Waals surface area contributed by atoms with Gasteiger partial charge in [0.2, 0.25) is 5.91 Å². The molecular formula is C20H15N3O4. The summed E-state index contributed by atoms with van der Waals surface area (Å²) in [6, 6.07) is 16.7. The number of nitrogens with zero attached hydrogens (tertiary/aromatic N) is 2. The minimum Gasteiger partial charge on any atom is -0.455 e. The van der Waals surface area contributed by atoms with Crippen molar-refractivity contribution >= 4 is 23.4 Å². The van der Waals surface area contributed by atoms with E-state index in [1.807, 2.05) is 30.3 Å². The number of anilines is 1. The van der Waals surface area contributed by atoms with Crippen LogP contribution in [0.3, 0.4) is 0 Å². The van der Waals surface area contributed by atoms with Crippen molar-refractivity contribution < 1.29 is 14.5 Å². The van der Waals surface area contributed by atoms with Crippen molar-refractivity contribution in [3.05, 3.63) is 94.8 Å². The average Bonchev–Trinajstić information content (AvgIpc) is 2.68. The lowest BCUT2D eigenvalue weighted by Crippen LogP contribution is -2.08. The maximum atomic E-state index is 12.1. The van der Waals surface area contributed by atoms with Crippen LogP contribution in [0.15, 0.2) is 79.1 Å². The highest BCUT2D eigenvalue weighted by molar-refractivity contribution is 6.02. The maximum Gasteiger partial charge on any atom is 0.275 e. The van der Waals surface area contributed by atoms with Gasteiger partial charge in [-0.05, 0) is 23.8 Å². The number of nitrogens with one attached hydrogen (secondary N) is 1. The lowest BCUT2D eigenvalue weighted by atomic mass is 10.2. The van der Waals surface area contributed by atoms with Gasteiger partial charge in [0.1, 0.15) is 11.5 Å². The zero-order valence-corrected chi connectivity index (χ0v) is 14.1. The predicted octanol–water partition coefficient (Wildman–Crippen LogP) is 4.43. The van der Waals surface area contributed by atoms with Crippen LogP contribution in [-0.2, 0) is 4.79 Å². The van der Waals surface area contributed by atoms with Crippen LogP contribution in [0.2, 0.25) is 0 Å². The smallest absolute Gasteiger partial charge is 0.275 e. The molecule has 0 saturated carbocycles. The van der Waals surface area contributed by atoms with Crippen LogP contribution in [0.5, 0.6) is 11.5 Å². The zero-order chi connectivity index (χ0) is 19.1. The number of pyridine rings is 1. The third kappa shape index (κ3) is 5.23. The van der Waals surface area contributed by atoms with Crippen LogP contribution in [-0.4, -0.2) is 15.8 Å². The molecule has 3 aromatic rings. The van der Waals surface area contributed by atoms with Crippen molar-refractivity contribution in [2.24, 2.45) is 0 Å². The standard InChI is InChI=1S/C20H15N3O4/c24-20(9-8-15-5-2-1-3-6-15)22-16-11-17(23(25)26)13-19(12-16)27-18-7-4-10-21-14-18/h1-14H,(H,22,24). The maximum absolute atomic E-state index is 12.1. The second kappa shape index (κ2) is 8.39. The fourth-order valence-corrected chi connectivity index (χ4v) is 2.28. The number of hydrogen-bond acceptors (Lipinski definition) is 5. The summed E-state index contributed by atoms with van der Waals surface area (Å²) in [5, 5.41) is 13.8. The van der Waals surface area contributed by atoms with E-state index in [9.17, 15) is 14.9 Å². The summed E-state index contributed by atoms with van der Waals surface area (Å²) < 4.78 is 5.58. The van der Waals surface area contributed by atoms with Crippen molar-refractivity contribution in [2.75, 3.05) is 5.32 Å². The van der Waals surface area contributed by atoms with Gasteiger partial charge in [0, 0.05) is 24.4 Å². The van der Waals surface area contributed by atoms with Gasteiger partial charge >= 0.3 is 0 Å². The first kappa shape index (κ1) is 17.8. The van der Waals surface area contributed by atoms with Crippen LogP contribution in [0, 0.1) is 10.1 Å².